The predicted octanol–water partition coefficient (Wildman–Crippen LogP) is 0.913. The number of carbonyl (C=O) groups excluding carboxylic acids is 2. The van der Waals surface area contributed by atoms with Gasteiger partial charge in [-0.15, -0.1) is 0 Å². The van der Waals surface area contributed by atoms with E-state index in [2.05, 4.69) is 20.8 Å². The summed E-state index contributed by atoms with van der Waals surface area (Å²) in [6.07, 6.45) is -0.551. The molecule has 1 heterocycles. The molecule has 0 saturated heterocycles. The van der Waals surface area contributed by atoms with Crippen molar-refractivity contribution in [1.29, 1.82) is 0 Å². The molecule has 2 N–H and O–H groups in total. The molecule has 9 heteroatoms. The zero-order valence-corrected chi connectivity index (χ0v) is 14.5. The fourth-order valence-electron chi connectivity index (χ4n) is 1.48. The lowest BCUT2D eigenvalue weighted by Crippen LogP contribution is -2.39. The van der Waals surface area contributed by atoms with Crippen molar-refractivity contribution in [3.63, 3.8) is 0 Å². The van der Waals surface area contributed by atoms with Crippen LogP contribution in [0.2, 0.25) is 0 Å². The largest absolute Gasteiger partial charge is 0.444 e. The molecule has 1 unspecified atom stereocenters. The Hall–Kier alpha value is -2.32. The average molecular weight is 327 g/mol. The number of carbonyl (C=O) groups is 2. The SMILES string of the molecule is CC(CNC(=O)OC(C)(C)C)C(=O)NCc1nc(N(C)C)no1. The van der Waals surface area contributed by atoms with Crippen LogP contribution in [0.3, 0.4) is 0 Å². The molecule has 1 rings (SSSR count). The van der Waals surface area contributed by atoms with E-state index in [4.69, 9.17) is 9.26 Å². The molecule has 2 amide bonds. The molecule has 1 aromatic rings. The first-order chi connectivity index (χ1) is 10.6. The van der Waals surface area contributed by atoms with Gasteiger partial charge in [0, 0.05) is 20.6 Å². The van der Waals surface area contributed by atoms with Crippen molar-refractivity contribution in [3.05, 3.63) is 5.89 Å². The van der Waals surface area contributed by atoms with Gasteiger partial charge < -0.3 is 24.8 Å². The Labute approximate surface area is 135 Å². The van der Waals surface area contributed by atoms with E-state index in [-0.39, 0.29) is 19.0 Å². The molecule has 0 aromatic carbocycles. The molecule has 9 nitrogen and oxygen atoms in total. The summed E-state index contributed by atoms with van der Waals surface area (Å²) in [5.41, 5.74) is -0.572. The summed E-state index contributed by atoms with van der Waals surface area (Å²) in [6, 6.07) is 0. The third kappa shape index (κ3) is 6.98. The number of hydrogen-bond donors (Lipinski definition) is 2. The Bertz CT molecular complexity index is 536. The van der Waals surface area contributed by atoms with Crippen LogP contribution in [0.15, 0.2) is 4.52 Å². The summed E-state index contributed by atoms with van der Waals surface area (Å²) in [5, 5.41) is 8.98. The molecule has 0 saturated carbocycles. The van der Waals surface area contributed by atoms with Crippen LogP contribution in [0.1, 0.15) is 33.6 Å². The van der Waals surface area contributed by atoms with Gasteiger partial charge in [0.2, 0.25) is 11.8 Å². The van der Waals surface area contributed by atoms with Crippen LogP contribution < -0.4 is 15.5 Å². The Morgan fingerprint density at radius 1 is 1.30 bits per heavy atom. The predicted molar refractivity (Wildman–Crippen MR) is 83.9 cm³/mol. The molecular weight excluding hydrogens is 302 g/mol. The highest BCUT2D eigenvalue weighted by molar-refractivity contribution is 5.79. The van der Waals surface area contributed by atoms with E-state index in [9.17, 15) is 9.59 Å². The Morgan fingerprint density at radius 3 is 2.48 bits per heavy atom. The normalized spacial score (nSPS) is 12.4. The van der Waals surface area contributed by atoms with Crippen LogP contribution in [0.4, 0.5) is 10.7 Å². The van der Waals surface area contributed by atoms with Crippen molar-refractivity contribution in [2.24, 2.45) is 5.92 Å². The molecule has 0 aliphatic rings. The number of alkyl carbamates (subject to hydrolysis) is 1. The van der Waals surface area contributed by atoms with Gasteiger partial charge in [-0.3, -0.25) is 4.79 Å². The lowest BCUT2D eigenvalue weighted by molar-refractivity contribution is -0.124. The minimum atomic E-state index is -0.572. The number of hydrogen-bond acceptors (Lipinski definition) is 7. The zero-order chi connectivity index (χ0) is 17.6. The Kier molecular flexibility index (Phi) is 6.35. The summed E-state index contributed by atoms with van der Waals surface area (Å²) >= 11 is 0. The first kappa shape index (κ1) is 18.7. The van der Waals surface area contributed by atoms with Crippen LogP contribution >= 0.6 is 0 Å². The fraction of sp³-hybridized carbons (Fsp3) is 0.714. The minimum absolute atomic E-state index is 0.135. The van der Waals surface area contributed by atoms with Crippen LogP contribution in [0.5, 0.6) is 0 Å². The van der Waals surface area contributed by atoms with Crippen LogP contribution in [0.25, 0.3) is 0 Å². The van der Waals surface area contributed by atoms with Crippen LogP contribution in [0, 0.1) is 5.92 Å². The van der Waals surface area contributed by atoms with Crippen LogP contribution in [-0.4, -0.2) is 48.4 Å². The zero-order valence-electron chi connectivity index (χ0n) is 14.5. The number of amides is 2. The van der Waals surface area contributed by atoms with Gasteiger partial charge >= 0.3 is 6.09 Å². The molecule has 0 aliphatic heterocycles. The maximum Gasteiger partial charge on any atom is 0.407 e. The molecule has 0 spiro atoms. The summed E-state index contributed by atoms with van der Waals surface area (Å²) in [6.45, 7) is 7.33. The van der Waals surface area contributed by atoms with Crippen molar-refractivity contribution in [2.45, 2.75) is 39.8 Å². The maximum absolute atomic E-state index is 12.0. The van der Waals surface area contributed by atoms with Crippen molar-refractivity contribution in [3.8, 4) is 0 Å². The minimum Gasteiger partial charge on any atom is -0.444 e. The summed E-state index contributed by atoms with van der Waals surface area (Å²) in [4.78, 5) is 29.3. The van der Waals surface area contributed by atoms with Gasteiger partial charge in [-0.2, -0.15) is 4.98 Å². The number of aromatic nitrogens is 2. The number of nitrogens with one attached hydrogen (secondary N) is 2. The van der Waals surface area contributed by atoms with Crippen molar-refractivity contribution in [1.82, 2.24) is 20.8 Å². The maximum atomic E-state index is 12.0. The van der Waals surface area contributed by atoms with Crippen LogP contribution in [-0.2, 0) is 16.1 Å². The first-order valence-electron chi connectivity index (χ1n) is 7.33. The Balaban J connectivity index is 2.34. The highest BCUT2D eigenvalue weighted by Crippen LogP contribution is 2.07. The van der Waals surface area contributed by atoms with Gasteiger partial charge in [-0.25, -0.2) is 4.79 Å². The van der Waals surface area contributed by atoms with E-state index in [1.165, 1.54) is 0 Å². The van der Waals surface area contributed by atoms with Crippen molar-refractivity contribution < 1.29 is 18.8 Å². The van der Waals surface area contributed by atoms with Gasteiger partial charge in [0.25, 0.3) is 5.95 Å². The summed E-state index contributed by atoms with van der Waals surface area (Å²) < 4.78 is 10.1. The molecule has 23 heavy (non-hydrogen) atoms. The van der Waals surface area contributed by atoms with E-state index in [1.54, 1.807) is 46.7 Å². The quantitative estimate of drug-likeness (QED) is 0.799. The molecule has 130 valence electrons. The van der Waals surface area contributed by atoms with Gasteiger partial charge in [0.1, 0.15) is 5.60 Å². The second kappa shape index (κ2) is 7.80. The molecule has 0 bridgehead atoms. The smallest absolute Gasteiger partial charge is 0.407 e. The molecule has 1 atom stereocenters. The van der Waals surface area contributed by atoms with Gasteiger partial charge in [0.15, 0.2) is 0 Å². The molecule has 0 radical (unpaired) electrons. The lowest BCUT2D eigenvalue weighted by Gasteiger charge is -2.20. The average Bonchev–Trinajstić information content (AvgIpc) is 2.89. The first-order valence-corrected chi connectivity index (χ1v) is 7.33. The van der Waals surface area contributed by atoms with Gasteiger partial charge in [-0.05, 0) is 25.9 Å². The lowest BCUT2D eigenvalue weighted by atomic mass is 10.1. The number of nitrogens with zero attached hydrogens (tertiary/aromatic N) is 3. The highest BCUT2D eigenvalue weighted by Gasteiger charge is 2.19. The second-order valence-corrected chi connectivity index (χ2v) is 6.38. The monoisotopic (exact) mass is 327 g/mol. The summed E-state index contributed by atoms with van der Waals surface area (Å²) in [7, 11) is 3.58. The Morgan fingerprint density at radius 2 is 1.96 bits per heavy atom. The van der Waals surface area contributed by atoms with E-state index in [0.717, 1.165) is 0 Å². The molecular formula is C14H25N5O4. The second-order valence-electron chi connectivity index (χ2n) is 6.38. The van der Waals surface area contributed by atoms with Crippen molar-refractivity contribution in [2.75, 3.05) is 25.5 Å². The van der Waals surface area contributed by atoms with Gasteiger partial charge in [-0.1, -0.05) is 6.92 Å². The van der Waals surface area contributed by atoms with Gasteiger partial charge in [0.05, 0.1) is 12.5 Å². The third-order valence-electron chi connectivity index (χ3n) is 2.67. The summed E-state index contributed by atoms with van der Waals surface area (Å²) in [5.74, 6) is 0.104. The van der Waals surface area contributed by atoms with Crippen molar-refractivity contribution >= 4 is 17.9 Å². The number of rotatable bonds is 6. The third-order valence-corrected chi connectivity index (χ3v) is 2.67. The molecule has 0 fully saturated rings. The van der Waals surface area contributed by atoms with E-state index in [0.29, 0.717) is 11.8 Å². The topological polar surface area (TPSA) is 110 Å². The van der Waals surface area contributed by atoms with E-state index >= 15 is 0 Å². The molecule has 1 aromatic heterocycles. The number of ether oxygens (including phenoxy) is 1. The number of anilines is 1. The van der Waals surface area contributed by atoms with E-state index in [1.807, 2.05) is 0 Å². The van der Waals surface area contributed by atoms with E-state index < -0.39 is 17.6 Å². The standard InChI is InChI=1S/C14H25N5O4/c1-9(7-16-13(21)22-14(2,3)4)11(20)15-8-10-17-12(18-23-10)19(5)6/h9H,7-8H2,1-6H3,(H,15,20)(H,16,21). The molecule has 0 aliphatic carbocycles. The highest BCUT2D eigenvalue weighted by atomic mass is 16.6. The fourth-order valence-corrected chi connectivity index (χ4v) is 1.48.